The average Bonchev–Trinajstić information content (AvgIpc) is 2.43. The number of nitrogens with one attached hydrogen (secondary N) is 1. The third kappa shape index (κ3) is 5.30. The van der Waals surface area contributed by atoms with Crippen LogP contribution in [0.15, 0.2) is 24.3 Å². The summed E-state index contributed by atoms with van der Waals surface area (Å²) in [6.07, 6.45) is -0.723. The van der Waals surface area contributed by atoms with Gasteiger partial charge in [0.25, 0.3) is 0 Å². The van der Waals surface area contributed by atoms with E-state index < -0.39 is 17.9 Å². The SMILES string of the molecule is CC(C)(C)OC(=O)NCC(F)CN1CCc2ccccc2C1. The van der Waals surface area contributed by atoms with Crippen molar-refractivity contribution in [3.05, 3.63) is 35.4 Å². The average molecular weight is 308 g/mol. The number of carbonyl (C=O) groups is 1. The predicted molar refractivity (Wildman–Crippen MR) is 84.6 cm³/mol. The fourth-order valence-electron chi connectivity index (χ4n) is 2.56. The highest BCUT2D eigenvalue weighted by Gasteiger charge is 2.21. The van der Waals surface area contributed by atoms with Gasteiger partial charge >= 0.3 is 6.09 Å². The molecule has 1 aliphatic rings. The van der Waals surface area contributed by atoms with Gasteiger partial charge in [-0.1, -0.05) is 24.3 Å². The van der Waals surface area contributed by atoms with Crippen molar-refractivity contribution >= 4 is 6.09 Å². The molecule has 1 amide bonds. The van der Waals surface area contributed by atoms with Crippen molar-refractivity contribution in [2.24, 2.45) is 0 Å². The van der Waals surface area contributed by atoms with E-state index in [2.05, 4.69) is 22.3 Å². The first-order valence-corrected chi connectivity index (χ1v) is 7.73. The van der Waals surface area contributed by atoms with Gasteiger partial charge in [0.2, 0.25) is 0 Å². The molecule has 0 radical (unpaired) electrons. The standard InChI is InChI=1S/C17H25FN2O2/c1-17(2,3)22-16(21)19-10-15(18)12-20-9-8-13-6-4-5-7-14(13)11-20/h4-7,15H,8-12H2,1-3H3,(H,19,21). The van der Waals surface area contributed by atoms with Gasteiger partial charge < -0.3 is 10.1 Å². The minimum Gasteiger partial charge on any atom is -0.444 e. The quantitative estimate of drug-likeness (QED) is 0.930. The lowest BCUT2D eigenvalue weighted by Gasteiger charge is -2.29. The number of nitrogens with zero attached hydrogens (tertiary/aromatic N) is 1. The molecule has 0 bridgehead atoms. The molecule has 0 fully saturated rings. The van der Waals surface area contributed by atoms with Crippen LogP contribution in [-0.2, 0) is 17.7 Å². The molecule has 1 heterocycles. The van der Waals surface area contributed by atoms with Gasteiger partial charge in [-0.05, 0) is 38.3 Å². The van der Waals surface area contributed by atoms with E-state index in [9.17, 15) is 9.18 Å². The Hall–Kier alpha value is -1.62. The van der Waals surface area contributed by atoms with E-state index >= 15 is 0 Å². The van der Waals surface area contributed by atoms with Gasteiger partial charge in [0.15, 0.2) is 0 Å². The zero-order chi connectivity index (χ0) is 16.2. The first-order chi connectivity index (χ1) is 10.3. The molecule has 1 N–H and O–H groups in total. The van der Waals surface area contributed by atoms with Gasteiger partial charge in [0, 0.05) is 19.6 Å². The normalized spacial score (nSPS) is 16.7. The molecule has 0 spiro atoms. The smallest absolute Gasteiger partial charge is 0.407 e. The van der Waals surface area contributed by atoms with E-state index in [1.165, 1.54) is 11.1 Å². The molecule has 122 valence electrons. The first-order valence-electron chi connectivity index (χ1n) is 7.73. The van der Waals surface area contributed by atoms with Crippen molar-refractivity contribution in [2.75, 3.05) is 19.6 Å². The van der Waals surface area contributed by atoms with E-state index in [1.807, 2.05) is 12.1 Å². The molecular weight excluding hydrogens is 283 g/mol. The Morgan fingerprint density at radius 1 is 1.36 bits per heavy atom. The van der Waals surface area contributed by atoms with Crippen LogP contribution in [0.1, 0.15) is 31.9 Å². The molecule has 1 aliphatic heterocycles. The maximum atomic E-state index is 14.0. The summed E-state index contributed by atoms with van der Waals surface area (Å²) in [5.74, 6) is 0. The molecule has 1 unspecified atom stereocenters. The summed E-state index contributed by atoms with van der Waals surface area (Å²) in [4.78, 5) is 13.6. The Bertz CT molecular complexity index is 514. The molecule has 22 heavy (non-hydrogen) atoms. The topological polar surface area (TPSA) is 41.6 Å². The van der Waals surface area contributed by atoms with E-state index in [0.717, 1.165) is 19.5 Å². The summed E-state index contributed by atoms with van der Waals surface area (Å²) in [6.45, 7) is 7.27. The minimum atomic E-state index is -1.10. The predicted octanol–water partition coefficient (Wildman–Crippen LogP) is 2.91. The Labute approximate surface area is 131 Å². The summed E-state index contributed by atoms with van der Waals surface area (Å²) in [6, 6.07) is 8.27. The minimum absolute atomic E-state index is 0.0208. The number of amides is 1. The summed E-state index contributed by atoms with van der Waals surface area (Å²) in [5.41, 5.74) is 2.05. The molecule has 1 atom stereocenters. The number of benzene rings is 1. The lowest BCUT2D eigenvalue weighted by atomic mass is 10.00. The third-order valence-electron chi connectivity index (χ3n) is 3.53. The molecule has 5 heteroatoms. The van der Waals surface area contributed by atoms with Crippen molar-refractivity contribution in [2.45, 2.75) is 45.5 Å². The Kier molecular flexibility index (Phi) is 5.40. The van der Waals surface area contributed by atoms with Gasteiger partial charge in [-0.3, -0.25) is 4.90 Å². The van der Waals surface area contributed by atoms with Crippen LogP contribution in [0.3, 0.4) is 0 Å². The number of rotatable bonds is 4. The number of hydrogen-bond donors (Lipinski definition) is 1. The van der Waals surface area contributed by atoms with Crippen LogP contribution in [0.2, 0.25) is 0 Å². The zero-order valence-corrected chi connectivity index (χ0v) is 13.6. The number of ether oxygens (including phenoxy) is 1. The van der Waals surface area contributed by atoms with Crippen LogP contribution in [-0.4, -0.2) is 42.4 Å². The molecule has 1 aromatic rings. The maximum Gasteiger partial charge on any atom is 0.407 e. The summed E-state index contributed by atoms with van der Waals surface area (Å²) in [7, 11) is 0. The Morgan fingerprint density at radius 2 is 2.05 bits per heavy atom. The number of hydrogen-bond acceptors (Lipinski definition) is 3. The fourth-order valence-corrected chi connectivity index (χ4v) is 2.56. The van der Waals surface area contributed by atoms with Gasteiger partial charge in [-0.15, -0.1) is 0 Å². The van der Waals surface area contributed by atoms with E-state index in [0.29, 0.717) is 6.54 Å². The Morgan fingerprint density at radius 3 is 2.73 bits per heavy atom. The number of alkyl halides is 1. The monoisotopic (exact) mass is 308 g/mol. The van der Waals surface area contributed by atoms with Gasteiger partial charge in [-0.25, -0.2) is 9.18 Å². The number of fused-ring (bicyclic) bond motifs is 1. The second-order valence-electron chi connectivity index (χ2n) is 6.73. The molecule has 1 aromatic carbocycles. The van der Waals surface area contributed by atoms with Gasteiger partial charge in [0.1, 0.15) is 11.8 Å². The number of carbonyl (C=O) groups excluding carboxylic acids is 1. The number of halogens is 1. The van der Waals surface area contributed by atoms with Crippen molar-refractivity contribution in [3.63, 3.8) is 0 Å². The summed E-state index contributed by atoms with van der Waals surface area (Å²) < 4.78 is 19.1. The fraction of sp³-hybridized carbons (Fsp3) is 0.588. The molecule has 2 rings (SSSR count). The lowest BCUT2D eigenvalue weighted by molar-refractivity contribution is 0.0505. The highest BCUT2D eigenvalue weighted by molar-refractivity contribution is 5.67. The van der Waals surface area contributed by atoms with E-state index in [4.69, 9.17) is 4.74 Å². The lowest BCUT2D eigenvalue weighted by Crippen LogP contribution is -2.41. The Balaban J connectivity index is 1.74. The van der Waals surface area contributed by atoms with Crippen LogP contribution < -0.4 is 5.32 Å². The molecule has 0 aliphatic carbocycles. The molecule has 4 nitrogen and oxygen atoms in total. The van der Waals surface area contributed by atoms with E-state index in [-0.39, 0.29) is 6.54 Å². The van der Waals surface area contributed by atoms with Crippen LogP contribution in [0.25, 0.3) is 0 Å². The van der Waals surface area contributed by atoms with Crippen LogP contribution in [0.5, 0.6) is 0 Å². The second kappa shape index (κ2) is 7.09. The summed E-state index contributed by atoms with van der Waals surface area (Å²) >= 11 is 0. The van der Waals surface area contributed by atoms with Crippen LogP contribution in [0, 0.1) is 0 Å². The van der Waals surface area contributed by atoms with E-state index in [1.54, 1.807) is 20.8 Å². The van der Waals surface area contributed by atoms with Crippen LogP contribution in [0.4, 0.5) is 9.18 Å². The highest BCUT2D eigenvalue weighted by atomic mass is 19.1. The van der Waals surface area contributed by atoms with Crippen molar-refractivity contribution < 1.29 is 13.9 Å². The highest BCUT2D eigenvalue weighted by Crippen LogP contribution is 2.18. The molecule has 0 saturated carbocycles. The summed E-state index contributed by atoms with van der Waals surface area (Å²) in [5, 5.41) is 2.48. The molecule has 0 aromatic heterocycles. The second-order valence-corrected chi connectivity index (χ2v) is 6.73. The third-order valence-corrected chi connectivity index (χ3v) is 3.53. The van der Waals surface area contributed by atoms with Crippen LogP contribution >= 0.6 is 0 Å². The molecule has 0 saturated heterocycles. The largest absolute Gasteiger partial charge is 0.444 e. The van der Waals surface area contributed by atoms with Crippen molar-refractivity contribution in [1.29, 1.82) is 0 Å². The number of alkyl carbamates (subject to hydrolysis) is 1. The first kappa shape index (κ1) is 16.7. The van der Waals surface area contributed by atoms with Crippen molar-refractivity contribution in [1.82, 2.24) is 10.2 Å². The van der Waals surface area contributed by atoms with Crippen molar-refractivity contribution in [3.8, 4) is 0 Å². The van der Waals surface area contributed by atoms with Gasteiger partial charge in [0.05, 0.1) is 6.54 Å². The maximum absolute atomic E-state index is 14.0. The van der Waals surface area contributed by atoms with Gasteiger partial charge in [-0.2, -0.15) is 0 Å². The zero-order valence-electron chi connectivity index (χ0n) is 13.6. The molecular formula is C17H25FN2O2.